The van der Waals surface area contributed by atoms with Crippen molar-refractivity contribution in [1.29, 1.82) is 0 Å². The maximum absolute atomic E-state index is 12.9. The predicted molar refractivity (Wildman–Crippen MR) is 102 cm³/mol. The second-order valence-electron chi connectivity index (χ2n) is 6.75. The first kappa shape index (κ1) is 19.4. The number of nitrogens with one attached hydrogen (secondary N) is 1. The molecule has 1 saturated heterocycles. The molecule has 29 heavy (non-hydrogen) atoms. The number of piperidine rings is 1. The van der Waals surface area contributed by atoms with Gasteiger partial charge in [-0.25, -0.2) is 4.79 Å². The van der Waals surface area contributed by atoms with Gasteiger partial charge in [-0.05, 0) is 42.5 Å². The molecule has 1 unspecified atom stereocenters. The average molecular weight is 422 g/mol. The zero-order valence-electron chi connectivity index (χ0n) is 15.1. The number of amides is 2. The molecule has 1 atom stereocenters. The number of rotatable bonds is 3. The molecule has 0 spiro atoms. The molecule has 2 amide bonds. The molecular formula is C19H17F3N4O2S. The second-order valence-corrected chi connectivity index (χ2v) is 7.53. The Bertz CT molecular complexity index is 988. The number of alkyl halides is 3. The monoisotopic (exact) mass is 422 g/mol. The van der Waals surface area contributed by atoms with E-state index in [0.717, 1.165) is 30.5 Å². The summed E-state index contributed by atoms with van der Waals surface area (Å²) in [7, 11) is 0. The number of aromatic nitrogens is 2. The van der Waals surface area contributed by atoms with Crippen LogP contribution in [0, 0.1) is 0 Å². The lowest BCUT2D eigenvalue weighted by atomic mass is 9.98. The summed E-state index contributed by atoms with van der Waals surface area (Å²) in [5.74, 6) is 0.783. The van der Waals surface area contributed by atoms with Crippen molar-refractivity contribution in [2.75, 3.05) is 18.4 Å². The third kappa shape index (κ3) is 4.42. The van der Waals surface area contributed by atoms with Crippen LogP contribution in [0.1, 0.15) is 30.2 Å². The van der Waals surface area contributed by atoms with Gasteiger partial charge in [0.05, 0.1) is 11.5 Å². The summed E-state index contributed by atoms with van der Waals surface area (Å²) < 4.78 is 44.3. The summed E-state index contributed by atoms with van der Waals surface area (Å²) in [6.07, 6.45) is -2.94. The third-order valence-electron chi connectivity index (χ3n) is 4.71. The van der Waals surface area contributed by atoms with Gasteiger partial charge in [0.2, 0.25) is 11.8 Å². The molecule has 0 aliphatic carbocycles. The van der Waals surface area contributed by atoms with Gasteiger partial charge >= 0.3 is 12.2 Å². The van der Waals surface area contributed by atoms with Gasteiger partial charge in [-0.2, -0.15) is 24.5 Å². The Morgan fingerprint density at radius 1 is 1.28 bits per heavy atom. The molecule has 1 N–H and O–H groups in total. The number of carbonyl (C=O) groups excluding carboxylic acids is 1. The second kappa shape index (κ2) is 7.86. The standard InChI is InChI=1S/C19H17F3N4O2S/c20-19(21,22)14-4-1-5-15(9-14)23-18(27)26-7-2-3-12(10-26)16-24-25-17(28-16)13-6-8-29-11-13/h1,4-6,8-9,11-12H,2-3,7,10H2,(H,23,27). The minimum Gasteiger partial charge on any atom is -0.420 e. The number of hydrogen-bond acceptors (Lipinski definition) is 5. The van der Waals surface area contributed by atoms with Gasteiger partial charge in [0.25, 0.3) is 0 Å². The van der Waals surface area contributed by atoms with E-state index in [1.54, 1.807) is 4.90 Å². The van der Waals surface area contributed by atoms with Crippen molar-refractivity contribution in [3.63, 3.8) is 0 Å². The van der Waals surface area contributed by atoms with E-state index in [-0.39, 0.29) is 11.6 Å². The van der Waals surface area contributed by atoms with Gasteiger partial charge in [-0.3, -0.25) is 0 Å². The van der Waals surface area contributed by atoms with Gasteiger partial charge in [0.15, 0.2) is 0 Å². The van der Waals surface area contributed by atoms with Crippen molar-refractivity contribution in [3.05, 3.63) is 52.5 Å². The molecule has 0 radical (unpaired) electrons. The quantitative estimate of drug-likeness (QED) is 0.628. The first-order chi connectivity index (χ1) is 13.9. The van der Waals surface area contributed by atoms with E-state index >= 15 is 0 Å². The highest BCUT2D eigenvalue weighted by atomic mass is 32.1. The highest BCUT2D eigenvalue weighted by Crippen LogP contribution is 2.32. The highest BCUT2D eigenvalue weighted by Gasteiger charge is 2.31. The minimum absolute atomic E-state index is 0.101. The summed E-state index contributed by atoms with van der Waals surface area (Å²) in [6.45, 7) is 0.864. The number of nitrogens with zero attached hydrogens (tertiary/aromatic N) is 3. The number of thiophene rings is 1. The molecule has 2 aromatic heterocycles. The Kier molecular flexibility index (Phi) is 5.27. The van der Waals surface area contributed by atoms with Crippen molar-refractivity contribution >= 4 is 23.1 Å². The Morgan fingerprint density at radius 3 is 2.90 bits per heavy atom. The minimum atomic E-state index is -4.46. The lowest BCUT2D eigenvalue weighted by Gasteiger charge is -2.31. The van der Waals surface area contributed by atoms with E-state index in [1.165, 1.54) is 23.5 Å². The lowest BCUT2D eigenvalue weighted by molar-refractivity contribution is -0.137. The Balaban J connectivity index is 1.43. The van der Waals surface area contributed by atoms with Gasteiger partial charge in [-0.1, -0.05) is 6.07 Å². The van der Waals surface area contributed by atoms with Crippen LogP contribution in [0.15, 0.2) is 45.5 Å². The van der Waals surface area contributed by atoms with Crippen LogP contribution < -0.4 is 5.32 Å². The van der Waals surface area contributed by atoms with Crippen LogP contribution in [0.4, 0.5) is 23.7 Å². The number of hydrogen-bond donors (Lipinski definition) is 1. The van der Waals surface area contributed by atoms with E-state index < -0.39 is 17.8 Å². The van der Waals surface area contributed by atoms with Crippen LogP contribution in [0.5, 0.6) is 0 Å². The SMILES string of the molecule is O=C(Nc1cccc(C(F)(F)F)c1)N1CCCC(c2nnc(-c3ccsc3)o2)C1. The highest BCUT2D eigenvalue weighted by molar-refractivity contribution is 7.08. The van der Waals surface area contributed by atoms with E-state index in [4.69, 9.17) is 4.42 Å². The fourth-order valence-electron chi connectivity index (χ4n) is 3.24. The number of halogens is 3. The molecule has 0 saturated carbocycles. The lowest BCUT2D eigenvalue weighted by Crippen LogP contribution is -2.41. The summed E-state index contributed by atoms with van der Waals surface area (Å²) in [6, 6.07) is 6.02. The van der Waals surface area contributed by atoms with Crippen LogP contribution in [-0.2, 0) is 6.18 Å². The normalized spacial score (nSPS) is 17.3. The average Bonchev–Trinajstić information content (AvgIpc) is 3.39. The van der Waals surface area contributed by atoms with Gasteiger partial charge in [0.1, 0.15) is 0 Å². The number of urea groups is 1. The number of benzene rings is 1. The van der Waals surface area contributed by atoms with E-state index in [2.05, 4.69) is 15.5 Å². The molecule has 10 heteroatoms. The van der Waals surface area contributed by atoms with Crippen LogP contribution in [0.2, 0.25) is 0 Å². The predicted octanol–water partition coefficient (Wildman–Crippen LogP) is 5.23. The van der Waals surface area contributed by atoms with E-state index in [0.29, 0.717) is 24.9 Å². The number of carbonyl (C=O) groups is 1. The fourth-order valence-corrected chi connectivity index (χ4v) is 3.87. The summed E-state index contributed by atoms with van der Waals surface area (Å²) in [4.78, 5) is 14.1. The number of anilines is 1. The van der Waals surface area contributed by atoms with E-state index in [1.807, 2.05) is 16.8 Å². The zero-order chi connectivity index (χ0) is 20.4. The largest absolute Gasteiger partial charge is 0.420 e. The molecule has 3 heterocycles. The summed E-state index contributed by atoms with van der Waals surface area (Å²) >= 11 is 1.53. The molecule has 3 aromatic rings. The van der Waals surface area contributed by atoms with Crippen LogP contribution >= 0.6 is 11.3 Å². The summed E-state index contributed by atoms with van der Waals surface area (Å²) in [5.41, 5.74) is 0.145. The van der Waals surface area contributed by atoms with Crippen LogP contribution in [0.25, 0.3) is 11.5 Å². The molecule has 1 aromatic carbocycles. The van der Waals surface area contributed by atoms with Crippen LogP contribution in [0.3, 0.4) is 0 Å². The Morgan fingerprint density at radius 2 is 2.14 bits per heavy atom. The van der Waals surface area contributed by atoms with Crippen molar-refractivity contribution in [1.82, 2.24) is 15.1 Å². The topological polar surface area (TPSA) is 71.3 Å². The molecule has 1 aliphatic rings. The Labute approximate surface area is 168 Å². The van der Waals surface area contributed by atoms with Gasteiger partial charge in [0, 0.05) is 29.7 Å². The van der Waals surface area contributed by atoms with E-state index in [9.17, 15) is 18.0 Å². The first-order valence-electron chi connectivity index (χ1n) is 8.99. The molecule has 4 rings (SSSR count). The fraction of sp³-hybridized carbons (Fsp3) is 0.316. The first-order valence-corrected chi connectivity index (χ1v) is 9.93. The molecule has 6 nitrogen and oxygen atoms in total. The van der Waals surface area contributed by atoms with Crippen molar-refractivity contribution < 1.29 is 22.4 Å². The van der Waals surface area contributed by atoms with Gasteiger partial charge in [-0.15, -0.1) is 10.2 Å². The van der Waals surface area contributed by atoms with Crippen LogP contribution in [-0.4, -0.2) is 34.2 Å². The maximum Gasteiger partial charge on any atom is 0.416 e. The Hall–Kier alpha value is -2.88. The smallest absolute Gasteiger partial charge is 0.416 e. The van der Waals surface area contributed by atoms with Crippen molar-refractivity contribution in [3.8, 4) is 11.5 Å². The van der Waals surface area contributed by atoms with Gasteiger partial charge < -0.3 is 14.6 Å². The molecular weight excluding hydrogens is 405 g/mol. The third-order valence-corrected chi connectivity index (χ3v) is 5.39. The van der Waals surface area contributed by atoms with Crippen molar-refractivity contribution in [2.24, 2.45) is 0 Å². The zero-order valence-corrected chi connectivity index (χ0v) is 16.0. The summed E-state index contributed by atoms with van der Waals surface area (Å²) in [5, 5.41) is 14.6. The van der Waals surface area contributed by atoms with Crippen molar-refractivity contribution in [2.45, 2.75) is 24.9 Å². The number of likely N-dealkylation sites (tertiary alicyclic amines) is 1. The molecule has 152 valence electrons. The molecule has 1 aliphatic heterocycles. The molecule has 1 fully saturated rings. The maximum atomic E-state index is 12.9. The molecule has 0 bridgehead atoms.